The number of piperidine rings is 1. The highest BCUT2D eigenvalue weighted by Crippen LogP contribution is 2.29. The summed E-state index contributed by atoms with van der Waals surface area (Å²) in [5.41, 5.74) is 1.88. The molecular weight excluding hydrogens is 338 g/mol. The smallest absolute Gasteiger partial charge is 0.226 e. The topological polar surface area (TPSA) is 80.2 Å². The Hall–Kier alpha value is -2.02. The van der Waals surface area contributed by atoms with Crippen LogP contribution in [0, 0.1) is 5.92 Å². The van der Waals surface area contributed by atoms with Gasteiger partial charge in [0, 0.05) is 42.5 Å². The number of sulfone groups is 1. The van der Waals surface area contributed by atoms with Crippen LogP contribution in [0.3, 0.4) is 0 Å². The number of pyridine rings is 2. The molecule has 4 heterocycles. The van der Waals surface area contributed by atoms with Crippen LogP contribution in [-0.2, 0) is 14.6 Å². The Labute approximate surface area is 147 Å². The Morgan fingerprint density at radius 2 is 2.12 bits per heavy atom. The number of likely N-dealkylation sites (tertiary alicyclic amines) is 1. The van der Waals surface area contributed by atoms with Crippen molar-refractivity contribution in [1.82, 2.24) is 14.9 Å². The molecule has 0 radical (unpaired) electrons. The average molecular weight is 359 g/mol. The third kappa shape index (κ3) is 3.38. The molecule has 0 N–H and O–H groups in total. The maximum Gasteiger partial charge on any atom is 0.226 e. The Morgan fingerprint density at radius 1 is 1.24 bits per heavy atom. The molecule has 2 atom stereocenters. The van der Waals surface area contributed by atoms with Crippen molar-refractivity contribution >= 4 is 26.6 Å². The molecule has 2 aliphatic heterocycles. The second-order valence-corrected chi connectivity index (χ2v) is 9.26. The molecule has 0 aromatic carbocycles. The van der Waals surface area contributed by atoms with Gasteiger partial charge in [-0.3, -0.25) is 14.8 Å². The van der Waals surface area contributed by atoms with E-state index in [0.717, 1.165) is 29.4 Å². The zero-order valence-electron chi connectivity index (χ0n) is 14.0. The minimum Gasteiger partial charge on any atom is -0.342 e. The van der Waals surface area contributed by atoms with Gasteiger partial charge in [0.25, 0.3) is 0 Å². The lowest BCUT2D eigenvalue weighted by Gasteiger charge is -2.34. The molecule has 0 spiro atoms. The fourth-order valence-corrected chi connectivity index (χ4v) is 5.60. The van der Waals surface area contributed by atoms with E-state index in [0.29, 0.717) is 19.5 Å². The number of hydrogen-bond acceptors (Lipinski definition) is 5. The Kier molecular flexibility index (Phi) is 4.19. The van der Waals surface area contributed by atoms with Gasteiger partial charge in [-0.1, -0.05) is 0 Å². The van der Waals surface area contributed by atoms with Crippen LogP contribution in [0.15, 0.2) is 30.6 Å². The molecule has 0 aliphatic carbocycles. The number of aromatic nitrogens is 2. The maximum absolute atomic E-state index is 12.7. The molecule has 2 fully saturated rings. The fourth-order valence-electron chi connectivity index (χ4n) is 3.87. The fraction of sp³-hybridized carbons (Fsp3) is 0.500. The van der Waals surface area contributed by atoms with Crippen LogP contribution < -0.4 is 0 Å². The SMILES string of the molecule is O=C(C1CCS(=O)(=O)C1)N1CCCC(c2cc3ncccc3cn2)C1. The lowest BCUT2D eigenvalue weighted by Crippen LogP contribution is -2.42. The largest absolute Gasteiger partial charge is 0.342 e. The zero-order chi connectivity index (χ0) is 17.4. The summed E-state index contributed by atoms with van der Waals surface area (Å²) in [6.07, 6.45) is 5.96. The van der Waals surface area contributed by atoms with E-state index in [1.165, 1.54) is 0 Å². The van der Waals surface area contributed by atoms with Crippen molar-refractivity contribution < 1.29 is 13.2 Å². The summed E-state index contributed by atoms with van der Waals surface area (Å²) in [6, 6.07) is 5.88. The molecule has 7 heteroatoms. The van der Waals surface area contributed by atoms with Gasteiger partial charge in [-0.2, -0.15) is 0 Å². The third-order valence-electron chi connectivity index (χ3n) is 5.24. The van der Waals surface area contributed by atoms with Gasteiger partial charge in [0.05, 0.1) is 22.9 Å². The Balaban J connectivity index is 1.51. The van der Waals surface area contributed by atoms with Gasteiger partial charge in [0.1, 0.15) is 0 Å². The van der Waals surface area contributed by atoms with E-state index in [9.17, 15) is 13.2 Å². The molecule has 2 unspecified atom stereocenters. The zero-order valence-corrected chi connectivity index (χ0v) is 14.8. The summed E-state index contributed by atoms with van der Waals surface area (Å²) < 4.78 is 23.3. The molecule has 2 saturated heterocycles. The molecular formula is C18H21N3O3S. The second-order valence-electron chi connectivity index (χ2n) is 7.03. The summed E-state index contributed by atoms with van der Waals surface area (Å²) >= 11 is 0. The third-order valence-corrected chi connectivity index (χ3v) is 7.01. The number of amides is 1. The van der Waals surface area contributed by atoms with E-state index in [1.54, 1.807) is 6.20 Å². The number of carbonyl (C=O) groups is 1. The second kappa shape index (κ2) is 6.37. The van der Waals surface area contributed by atoms with Gasteiger partial charge < -0.3 is 4.90 Å². The van der Waals surface area contributed by atoms with Gasteiger partial charge >= 0.3 is 0 Å². The standard InChI is InChI=1S/C18H21N3O3S/c22-18(15-5-8-25(23,24)12-15)21-7-2-4-14(11-21)17-9-16-13(10-20-17)3-1-6-19-16/h1,3,6,9-10,14-15H,2,4-5,7-8,11-12H2. The Bertz CT molecular complexity index is 913. The first-order chi connectivity index (χ1) is 12.0. The van der Waals surface area contributed by atoms with Gasteiger partial charge in [0.15, 0.2) is 9.84 Å². The van der Waals surface area contributed by atoms with E-state index < -0.39 is 9.84 Å². The molecule has 0 saturated carbocycles. The van der Waals surface area contributed by atoms with Crippen LogP contribution >= 0.6 is 0 Å². The predicted octanol–water partition coefficient (Wildman–Crippen LogP) is 1.77. The highest BCUT2D eigenvalue weighted by molar-refractivity contribution is 7.91. The molecule has 2 aliphatic rings. The van der Waals surface area contributed by atoms with Crippen molar-refractivity contribution in [1.29, 1.82) is 0 Å². The lowest BCUT2D eigenvalue weighted by atomic mass is 9.92. The first-order valence-electron chi connectivity index (χ1n) is 8.72. The van der Waals surface area contributed by atoms with E-state index in [4.69, 9.17) is 0 Å². The quantitative estimate of drug-likeness (QED) is 0.816. The van der Waals surface area contributed by atoms with Crippen LogP contribution in [-0.4, -0.2) is 53.8 Å². The van der Waals surface area contributed by atoms with E-state index in [-0.39, 0.29) is 29.2 Å². The summed E-state index contributed by atoms with van der Waals surface area (Å²) in [5.74, 6) is -0.0502. The van der Waals surface area contributed by atoms with Crippen molar-refractivity contribution in [2.45, 2.75) is 25.2 Å². The predicted molar refractivity (Wildman–Crippen MR) is 94.9 cm³/mol. The number of nitrogens with zero attached hydrogens (tertiary/aromatic N) is 3. The molecule has 25 heavy (non-hydrogen) atoms. The maximum atomic E-state index is 12.7. The number of fused-ring (bicyclic) bond motifs is 1. The van der Waals surface area contributed by atoms with Gasteiger partial charge in [0.2, 0.25) is 5.91 Å². The van der Waals surface area contributed by atoms with Crippen LogP contribution in [0.4, 0.5) is 0 Å². The average Bonchev–Trinajstić information content (AvgIpc) is 3.00. The Morgan fingerprint density at radius 3 is 2.92 bits per heavy atom. The van der Waals surface area contributed by atoms with Crippen LogP contribution in [0.25, 0.3) is 10.9 Å². The molecule has 1 amide bonds. The highest BCUT2D eigenvalue weighted by atomic mass is 32.2. The van der Waals surface area contributed by atoms with E-state index in [1.807, 2.05) is 29.3 Å². The molecule has 0 bridgehead atoms. The molecule has 6 nitrogen and oxygen atoms in total. The highest BCUT2D eigenvalue weighted by Gasteiger charge is 2.37. The summed E-state index contributed by atoms with van der Waals surface area (Å²) in [7, 11) is -3.04. The van der Waals surface area contributed by atoms with Crippen molar-refractivity contribution in [2.24, 2.45) is 5.92 Å². The lowest BCUT2D eigenvalue weighted by molar-refractivity contribution is -0.136. The first-order valence-corrected chi connectivity index (χ1v) is 10.5. The minimum atomic E-state index is -3.04. The number of hydrogen-bond donors (Lipinski definition) is 0. The van der Waals surface area contributed by atoms with Crippen molar-refractivity contribution in [3.05, 3.63) is 36.3 Å². The minimum absolute atomic E-state index is 0.00510. The van der Waals surface area contributed by atoms with E-state index in [2.05, 4.69) is 9.97 Å². The van der Waals surface area contributed by atoms with Crippen molar-refractivity contribution in [2.75, 3.05) is 24.6 Å². The van der Waals surface area contributed by atoms with Gasteiger partial charge in [-0.15, -0.1) is 0 Å². The van der Waals surface area contributed by atoms with Crippen molar-refractivity contribution in [3.63, 3.8) is 0 Å². The molecule has 4 rings (SSSR count). The monoisotopic (exact) mass is 359 g/mol. The van der Waals surface area contributed by atoms with Gasteiger partial charge in [-0.25, -0.2) is 8.42 Å². The van der Waals surface area contributed by atoms with Gasteiger partial charge in [-0.05, 0) is 37.5 Å². The molecule has 2 aromatic heterocycles. The summed E-state index contributed by atoms with van der Waals surface area (Å²) in [4.78, 5) is 23.5. The number of carbonyl (C=O) groups excluding carboxylic acids is 1. The van der Waals surface area contributed by atoms with Crippen LogP contribution in [0.1, 0.15) is 30.9 Å². The van der Waals surface area contributed by atoms with E-state index >= 15 is 0 Å². The first kappa shape index (κ1) is 16.4. The van der Waals surface area contributed by atoms with Crippen LogP contribution in [0.5, 0.6) is 0 Å². The molecule has 132 valence electrons. The molecule has 2 aromatic rings. The van der Waals surface area contributed by atoms with Crippen LogP contribution in [0.2, 0.25) is 0 Å². The summed E-state index contributed by atoms with van der Waals surface area (Å²) in [6.45, 7) is 1.32. The van der Waals surface area contributed by atoms with Crippen molar-refractivity contribution in [3.8, 4) is 0 Å². The number of rotatable bonds is 2. The summed E-state index contributed by atoms with van der Waals surface area (Å²) in [5, 5.41) is 1.01. The normalized spacial score (nSPS) is 26.0.